The van der Waals surface area contributed by atoms with Gasteiger partial charge in [0.05, 0.1) is 11.6 Å². The maximum absolute atomic E-state index is 5.52. The zero-order valence-electron chi connectivity index (χ0n) is 7.22. The van der Waals surface area contributed by atoms with Crippen molar-refractivity contribution in [2.75, 3.05) is 5.88 Å². The summed E-state index contributed by atoms with van der Waals surface area (Å²) in [5.41, 5.74) is 7.60. The van der Waals surface area contributed by atoms with Gasteiger partial charge in [-0.15, -0.1) is 11.6 Å². The third kappa shape index (κ3) is 3.15. The molecule has 0 heterocycles. The Morgan fingerprint density at radius 1 is 1.62 bits per heavy atom. The van der Waals surface area contributed by atoms with Crippen LogP contribution in [0.4, 0.5) is 5.69 Å². The summed E-state index contributed by atoms with van der Waals surface area (Å²) in [6.07, 6.45) is 0. The molecule has 0 fully saturated rings. The van der Waals surface area contributed by atoms with Gasteiger partial charge in [0.1, 0.15) is 5.84 Å². The van der Waals surface area contributed by atoms with Crippen LogP contribution in [0.1, 0.15) is 5.56 Å². The molecule has 0 aliphatic heterocycles. The van der Waals surface area contributed by atoms with Crippen molar-refractivity contribution in [2.24, 2.45) is 10.7 Å². The van der Waals surface area contributed by atoms with Gasteiger partial charge in [-0.25, -0.2) is 4.99 Å². The molecule has 0 aromatic heterocycles. The zero-order chi connectivity index (χ0) is 9.84. The molecular weight excluding hydrogens is 298 g/mol. The molecule has 0 amide bonds. The molecule has 1 aromatic rings. The third-order valence-electron chi connectivity index (χ3n) is 1.57. The summed E-state index contributed by atoms with van der Waals surface area (Å²) in [4.78, 5) is 4.14. The number of nitrogens with two attached hydrogens (primary N) is 1. The van der Waals surface area contributed by atoms with Crippen LogP contribution in [0.5, 0.6) is 0 Å². The number of hydrogen-bond donors (Lipinski definition) is 1. The predicted octanol–water partition coefficient (Wildman–Crippen LogP) is 2.83. The Hall–Kier alpha value is -0.290. The number of rotatable bonds is 2. The van der Waals surface area contributed by atoms with E-state index in [4.69, 9.17) is 17.3 Å². The lowest BCUT2D eigenvalue weighted by Crippen LogP contribution is -2.12. The van der Waals surface area contributed by atoms with Crippen LogP contribution in [-0.2, 0) is 0 Å². The van der Waals surface area contributed by atoms with E-state index in [0.29, 0.717) is 5.84 Å². The second-order valence-electron chi connectivity index (χ2n) is 2.67. The standard InChI is InChI=1S/C9H10ClIN2/c1-6-2-3-7(4-8(6)11)13-9(12)5-10/h2-4H,5H2,1H3,(H2,12,13). The molecule has 0 bridgehead atoms. The molecule has 70 valence electrons. The Balaban J connectivity index is 2.98. The lowest BCUT2D eigenvalue weighted by Gasteiger charge is -2.00. The van der Waals surface area contributed by atoms with Crippen LogP contribution in [0.25, 0.3) is 0 Å². The largest absolute Gasteiger partial charge is 0.386 e. The molecule has 0 aliphatic carbocycles. The van der Waals surface area contributed by atoms with Crippen LogP contribution < -0.4 is 5.73 Å². The van der Waals surface area contributed by atoms with Crippen LogP contribution in [0.2, 0.25) is 0 Å². The molecular formula is C9H10ClIN2. The van der Waals surface area contributed by atoms with Crippen LogP contribution in [0.15, 0.2) is 23.2 Å². The van der Waals surface area contributed by atoms with Crippen molar-refractivity contribution in [3.05, 3.63) is 27.3 Å². The fourth-order valence-corrected chi connectivity index (χ4v) is 1.41. The van der Waals surface area contributed by atoms with Crippen molar-refractivity contribution in [1.82, 2.24) is 0 Å². The Morgan fingerprint density at radius 2 is 2.31 bits per heavy atom. The van der Waals surface area contributed by atoms with Crippen LogP contribution in [-0.4, -0.2) is 11.7 Å². The van der Waals surface area contributed by atoms with E-state index in [0.717, 1.165) is 5.69 Å². The summed E-state index contributed by atoms with van der Waals surface area (Å²) >= 11 is 7.78. The molecule has 0 unspecified atom stereocenters. The van der Waals surface area contributed by atoms with Gasteiger partial charge in [-0.1, -0.05) is 6.07 Å². The van der Waals surface area contributed by atoms with E-state index in [2.05, 4.69) is 34.5 Å². The smallest absolute Gasteiger partial charge is 0.115 e. The van der Waals surface area contributed by atoms with E-state index in [1.165, 1.54) is 9.13 Å². The first-order chi connectivity index (χ1) is 6.13. The molecule has 0 atom stereocenters. The van der Waals surface area contributed by atoms with E-state index >= 15 is 0 Å². The van der Waals surface area contributed by atoms with Crippen LogP contribution in [0.3, 0.4) is 0 Å². The normalized spacial score (nSPS) is 11.8. The minimum atomic E-state index is 0.268. The van der Waals surface area contributed by atoms with Crippen molar-refractivity contribution in [2.45, 2.75) is 6.92 Å². The lowest BCUT2D eigenvalue weighted by atomic mass is 10.2. The second kappa shape index (κ2) is 4.81. The highest BCUT2D eigenvalue weighted by atomic mass is 127. The SMILES string of the molecule is Cc1ccc(N=C(N)CCl)cc1I. The van der Waals surface area contributed by atoms with E-state index in [1.807, 2.05) is 18.2 Å². The van der Waals surface area contributed by atoms with Gasteiger partial charge in [0.25, 0.3) is 0 Å². The Kier molecular flexibility index (Phi) is 3.99. The van der Waals surface area contributed by atoms with Gasteiger partial charge >= 0.3 is 0 Å². The summed E-state index contributed by atoms with van der Waals surface area (Å²) in [6.45, 7) is 2.06. The average Bonchev–Trinajstić information content (AvgIpc) is 2.11. The number of halogens is 2. The van der Waals surface area contributed by atoms with Crippen molar-refractivity contribution in [1.29, 1.82) is 0 Å². The van der Waals surface area contributed by atoms with E-state index in [-0.39, 0.29) is 5.88 Å². The van der Waals surface area contributed by atoms with Gasteiger partial charge in [0.2, 0.25) is 0 Å². The molecule has 13 heavy (non-hydrogen) atoms. The molecule has 1 aromatic carbocycles. The Morgan fingerprint density at radius 3 is 2.85 bits per heavy atom. The van der Waals surface area contributed by atoms with Gasteiger partial charge in [0, 0.05) is 3.57 Å². The lowest BCUT2D eigenvalue weighted by molar-refractivity contribution is 1.38. The summed E-state index contributed by atoms with van der Waals surface area (Å²) in [7, 11) is 0. The van der Waals surface area contributed by atoms with Gasteiger partial charge in [-0.3, -0.25) is 0 Å². The molecule has 0 spiro atoms. The van der Waals surface area contributed by atoms with Gasteiger partial charge in [0.15, 0.2) is 0 Å². The van der Waals surface area contributed by atoms with Gasteiger partial charge in [-0.2, -0.15) is 0 Å². The van der Waals surface area contributed by atoms with E-state index in [1.54, 1.807) is 0 Å². The fourth-order valence-electron chi connectivity index (χ4n) is 0.847. The van der Waals surface area contributed by atoms with Crippen molar-refractivity contribution in [3.8, 4) is 0 Å². The van der Waals surface area contributed by atoms with Gasteiger partial charge < -0.3 is 5.73 Å². The number of nitrogens with zero attached hydrogens (tertiary/aromatic N) is 1. The summed E-state index contributed by atoms with van der Waals surface area (Å²) in [5.74, 6) is 0.714. The molecule has 0 saturated heterocycles. The molecule has 0 radical (unpaired) electrons. The summed E-state index contributed by atoms with van der Waals surface area (Å²) in [5, 5.41) is 0. The van der Waals surface area contributed by atoms with Crippen molar-refractivity contribution >= 4 is 45.7 Å². The van der Waals surface area contributed by atoms with Crippen molar-refractivity contribution in [3.63, 3.8) is 0 Å². The predicted molar refractivity (Wildman–Crippen MR) is 65.9 cm³/mol. The van der Waals surface area contributed by atoms with E-state index in [9.17, 15) is 0 Å². The van der Waals surface area contributed by atoms with Crippen LogP contribution in [0, 0.1) is 10.5 Å². The highest BCUT2D eigenvalue weighted by molar-refractivity contribution is 14.1. The molecule has 2 N–H and O–H groups in total. The quantitative estimate of drug-likeness (QED) is 0.388. The molecule has 0 aliphatic rings. The minimum Gasteiger partial charge on any atom is -0.386 e. The number of aryl methyl sites for hydroxylation is 1. The number of alkyl halides is 1. The number of hydrogen-bond acceptors (Lipinski definition) is 1. The Bertz CT molecular complexity index is 336. The summed E-state index contributed by atoms with van der Waals surface area (Å²) in [6, 6.07) is 5.92. The number of benzene rings is 1. The number of amidine groups is 1. The molecule has 1 rings (SSSR count). The van der Waals surface area contributed by atoms with Gasteiger partial charge in [-0.05, 0) is 47.2 Å². The molecule has 0 saturated carbocycles. The Labute approximate surface area is 96.3 Å². The van der Waals surface area contributed by atoms with Crippen LogP contribution >= 0.6 is 34.2 Å². The summed E-state index contributed by atoms with van der Waals surface area (Å²) < 4.78 is 1.18. The zero-order valence-corrected chi connectivity index (χ0v) is 10.1. The highest BCUT2D eigenvalue weighted by Crippen LogP contribution is 2.19. The first-order valence-electron chi connectivity index (χ1n) is 3.78. The topological polar surface area (TPSA) is 38.4 Å². The number of aliphatic imine (C=N–C) groups is 1. The fraction of sp³-hybridized carbons (Fsp3) is 0.222. The average molecular weight is 309 g/mol. The first-order valence-corrected chi connectivity index (χ1v) is 5.40. The molecule has 2 nitrogen and oxygen atoms in total. The van der Waals surface area contributed by atoms with E-state index < -0.39 is 0 Å². The maximum atomic E-state index is 5.52. The monoisotopic (exact) mass is 308 g/mol. The first kappa shape index (κ1) is 10.8. The third-order valence-corrected chi connectivity index (χ3v) is 3.00. The van der Waals surface area contributed by atoms with Crippen molar-refractivity contribution < 1.29 is 0 Å². The second-order valence-corrected chi connectivity index (χ2v) is 4.10. The maximum Gasteiger partial charge on any atom is 0.115 e. The highest BCUT2D eigenvalue weighted by Gasteiger charge is 1.96. The minimum absolute atomic E-state index is 0.268. The molecule has 4 heteroatoms.